The first kappa shape index (κ1) is 26.0. The van der Waals surface area contributed by atoms with Crippen molar-refractivity contribution in [2.75, 3.05) is 42.2 Å². The zero-order valence-corrected chi connectivity index (χ0v) is 21.1. The molecule has 2 saturated heterocycles. The fourth-order valence-corrected chi connectivity index (χ4v) is 5.17. The van der Waals surface area contributed by atoms with Gasteiger partial charge >= 0.3 is 6.36 Å². The number of pyridine rings is 2. The molecule has 12 heteroatoms. The van der Waals surface area contributed by atoms with Gasteiger partial charge in [-0.15, -0.1) is 13.2 Å². The number of thiol groups is 1. The summed E-state index contributed by atoms with van der Waals surface area (Å²) in [6.45, 7) is 2.67. The molecule has 36 heavy (non-hydrogen) atoms. The van der Waals surface area contributed by atoms with Gasteiger partial charge in [0.2, 0.25) is 0 Å². The van der Waals surface area contributed by atoms with Gasteiger partial charge in [-0.2, -0.15) is 17.9 Å². The van der Waals surface area contributed by atoms with E-state index in [-0.39, 0.29) is 33.9 Å². The van der Waals surface area contributed by atoms with Crippen LogP contribution < -0.4 is 20.1 Å². The van der Waals surface area contributed by atoms with Crippen LogP contribution in [0.3, 0.4) is 0 Å². The number of fused-ring (bicyclic) bond motifs is 2. The third kappa shape index (κ3) is 4.92. The van der Waals surface area contributed by atoms with Gasteiger partial charge in [-0.3, -0.25) is 4.79 Å². The highest BCUT2D eigenvalue weighted by molar-refractivity contribution is 7.79. The zero-order valence-electron chi connectivity index (χ0n) is 19.5. The number of nitriles is 1. The minimum Gasteiger partial charge on any atom is -0.406 e. The second-order valence-electron chi connectivity index (χ2n) is 8.57. The van der Waals surface area contributed by atoms with E-state index in [0.29, 0.717) is 42.9 Å². The Morgan fingerprint density at radius 2 is 1.64 bits per heavy atom. The molecule has 2 atom stereocenters. The summed E-state index contributed by atoms with van der Waals surface area (Å²) in [5, 5.41) is 10.0. The number of halogens is 4. The number of hydrogen-bond acceptors (Lipinski definition) is 7. The number of ether oxygens (including phenoxy) is 1. The number of aryl methyl sites for hydroxylation is 1. The lowest BCUT2D eigenvalue weighted by Gasteiger charge is -2.26. The van der Waals surface area contributed by atoms with Gasteiger partial charge < -0.3 is 19.1 Å². The van der Waals surface area contributed by atoms with E-state index < -0.39 is 6.36 Å². The average Bonchev–Trinajstić information content (AvgIpc) is 3.41. The fraction of sp³-hybridized carbons (Fsp3) is 0.375. The van der Waals surface area contributed by atoms with Gasteiger partial charge in [-0.1, -0.05) is 11.6 Å². The number of benzene rings is 1. The monoisotopic (exact) mass is 537 g/mol. The molecule has 0 aliphatic carbocycles. The van der Waals surface area contributed by atoms with Crippen molar-refractivity contribution in [3.05, 3.63) is 57.5 Å². The molecule has 0 bridgehead atoms. The number of hydrogen-bond donors (Lipinski definition) is 1. The Morgan fingerprint density at radius 3 is 2.19 bits per heavy atom. The summed E-state index contributed by atoms with van der Waals surface area (Å²) in [4.78, 5) is 21.4. The number of aromatic nitrogens is 2. The number of alkyl halides is 3. The molecule has 0 saturated carbocycles. The normalized spacial score (nSPS) is 19.1. The molecule has 190 valence electrons. The van der Waals surface area contributed by atoms with E-state index in [1.165, 1.54) is 16.7 Å². The smallest absolute Gasteiger partial charge is 0.406 e. The first-order chi connectivity index (χ1) is 17.1. The minimum absolute atomic E-state index is 0.0434. The third-order valence-electron chi connectivity index (χ3n) is 6.53. The topological polar surface area (TPSA) is 74.4 Å². The number of rotatable bonds is 3. The first-order valence-corrected chi connectivity index (χ1v) is 12.3. The van der Waals surface area contributed by atoms with Crippen LogP contribution in [0.4, 0.5) is 24.5 Å². The molecular formula is C24H23ClF3N5O2S. The molecule has 2 unspecified atom stereocenters. The second kappa shape index (κ2) is 10.1. The van der Waals surface area contributed by atoms with Crippen molar-refractivity contribution in [2.45, 2.75) is 6.36 Å². The Kier molecular flexibility index (Phi) is 7.29. The van der Waals surface area contributed by atoms with Crippen LogP contribution in [-0.2, 0) is 7.05 Å². The van der Waals surface area contributed by atoms with E-state index in [0.717, 1.165) is 5.69 Å². The molecule has 3 aromatic rings. The summed E-state index contributed by atoms with van der Waals surface area (Å²) in [5.74, 6) is 0.265. The van der Waals surface area contributed by atoms with Gasteiger partial charge in [0.05, 0.1) is 11.2 Å². The molecular weight excluding hydrogens is 515 g/mol. The van der Waals surface area contributed by atoms with Crippen molar-refractivity contribution in [3.8, 4) is 11.8 Å². The molecule has 2 aromatic heterocycles. The highest BCUT2D eigenvalue weighted by Crippen LogP contribution is 2.39. The molecule has 0 spiro atoms. The number of anilines is 2. The van der Waals surface area contributed by atoms with Crippen molar-refractivity contribution < 1.29 is 17.9 Å². The Bertz CT molecular complexity index is 1360. The standard InChI is InChI=1S/C23H19ClF3N5O2.CH4S/c1-30-18-6-7-19(24)29-20(18)21(17(8-28)22(30)33)32-11-13-9-31(10-14(13)12-32)15-2-4-16(5-3-15)34-23(25,26)27;1-2/h2-7,13-14H,9-12H2,1H3;2H,1H3. The maximum absolute atomic E-state index is 12.8. The van der Waals surface area contributed by atoms with Gasteiger partial charge in [0.15, 0.2) is 0 Å². The Balaban J connectivity index is 0.00000148. The zero-order chi connectivity index (χ0) is 26.2. The Labute approximate surface area is 216 Å². The first-order valence-electron chi connectivity index (χ1n) is 11.0. The van der Waals surface area contributed by atoms with Crippen LogP contribution in [0.5, 0.6) is 5.75 Å². The van der Waals surface area contributed by atoms with Gasteiger partial charge in [0.25, 0.3) is 5.56 Å². The summed E-state index contributed by atoms with van der Waals surface area (Å²) in [7, 11) is 1.60. The Morgan fingerprint density at radius 1 is 1.06 bits per heavy atom. The maximum Gasteiger partial charge on any atom is 0.573 e. The predicted octanol–water partition coefficient (Wildman–Crippen LogP) is 4.48. The lowest BCUT2D eigenvalue weighted by atomic mass is 10.0. The van der Waals surface area contributed by atoms with E-state index in [1.807, 2.05) is 4.90 Å². The van der Waals surface area contributed by atoms with E-state index >= 15 is 0 Å². The molecule has 0 N–H and O–H groups in total. The number of nitrogens with zero attached hydrogens (tertiary/aromatic N) is 5. The van der Waals surface area contributed by atoms with Gasteiger partial charge in [-0.05, 0) is 42.7 Å². The largest absolute Gasteiger partial charge is 0.573 e. The quantitative estimate of drug-likeness (QED) is 0.392. The van der Waals surface area contributed by atoms with E-state index in [1.54, 1.807) is 37.6 Å². The predicted molar refractivity (Wildman–Crippen MR) is 136 cm³/mol. The maximum atomic E-state index is 12.8. The molecule has 0 amide bonds. The molecule has 7 nitrogen and oxygen atoms in total. The van der Waals surface area contributed by atoms with E-state index in [2.05, 4.69) is 33.3 Å². The molecule has 5 rings (SSSR count). The highest BCUT2D eigenvalue weighted by atomic mass is 35.5. The van der Waals surface area contributed by atoms with Crippen molar-refractivity contribution in [1.29, 1.82) is 5.26 Å². The van der Waals surface area contributed by atoms with Crippen LogP contribution in [0.2, 0.25) is 5.15 Å². The van der Waals surface area contributed by atoms with Crippen LogP contribution in [0.25, 0.3) is 11.0 Å². The van der Waals surface area contributed by atoms with Crippen molar-refractivity contribution in [2.24, 2.45) is 18.9 Å². The van der Waals surface area contributed by atoms with Crippen LogP contribution in [0.1, 0.15) is 5.56 Å². The van der Waals surface area contributed by atoms with Crippen LogP contribution in [-0.4, -0.2) is 48.3 Å². The fourth-order valence-electron chi connectivity index (χ4n) is 5.02. The average molecular weight is 538 g/mol. The van der Waals surface area contributed by atoms with Gasteiger partial charge in [-0.25, -0.2) is 4.98 Å². The molecule has 2 fully saturated rings. The minimum atomic E-state index is -4.72. The van der Waals surface area contributed by atoms with E-state index in [4.69, 9.17) is 11.6 Å². The summed E-state index contributed by atoms with van der Waals surface area (Å²) in [5.41, 5.74) is 2.11. The van der Waals surface area contributed by atoms with Crippen LogP contribution >= 0.6 is 24.2 Å². The van der Waals surface area contributed by atoms with Gasteiger partial charge in [0.1, 0.15) is 28.1 Å². The SMILES string of the molecule is CS.Cn1c(=O)c(C#N)c(N2CC3CN(c4ccc(OC(F)(F)F)cc4)CC3C2)c2nc(Cl)ccc21. The van der Waals surface area contributed by atoms with Crippen LogP contribution in [0, 0.1) is 23.2 Å². The highest BCUT2D eigenvalue weighted by Gasteiger charge is 2.42. The van der Waals surface area contributed by atoms with E-state index in [9.17, 15) is 23.2 Å². The summed E-state index contributed by atoms with van der Waals surface area (Å²) in [6.07, 6.45) is -3.03. The second-order valence-corrected chi connectivity index (χ2v) is 8.96. The van der Waals surface area contributed by atoms with Crippen molar-refractivity contribution in [3.63, 3.8) is 0 Å². The lowest BCUT2D eigenvalue weighted by molar-refractivity contribution is -0.274. The molecule has 0 radical (unpaired) electrons. The summed E-state index contributed by atoms with van der Waals surface area (Å²) >= 11 is 9.66. The molecule has 4 heterocycles. The molecule has 2 aliphatic rings. The summed E-state index contributed by atoms with van der Waals surface area (Å²) < 4.78 is 42.6. The molecule has 2 aliphatic heterocycles. The van der Waals surface area contributed by atoms with Crippen LogP contribution in [0.15, 0.2) is 41.2 Å². The van der Waals surface area contributed by atoms with Crippen molar-refractivity contribution >= 4 is 46.6 Å². The molecule has 1 aromatic carbocycles. The lowest BCUT2D eigenvalue weighted by Crippen LogP contribution is -2.32. The summed E-state index contributed by atoms with van der Waals surface area (Å²) in [6, 6.07) is 11.2. The third-order valence-corrected chi connectivity index (χ3v) is 6.74. The Hall–Kier alpha value is -3.10. The van der Waals surface area contributed by atoms with Crippen molar-refractivity contribution in [1.82, 2.24) is 9.55 Å². The van der Waals surface area contributed by atoms with Gasteiger partial charge in [0, 0.05) is 50.7 Å².